The summed E-state index contributed by atoms with van der Waals surface area (Å²) in [6, 6.07) is 11.2. The molecule has 5 heteroatoms. The molecule has 1 aliphatic rings. The van der Waals surface area contributed by atoms with Gasteiger partial charge in [0.15, 0.2) is 0 Å². The lowest BCUT2D eigenvalue weighted by molar-refractivity contribution is -0.113. The zero-order valence-corrected chi connectivity index (χ0v) is 13.2. The van der Waals surface area contributed by atoms with Crippen molar-refractivity contribution < 1.29 is 9.59 Å². The van der Waals surface area contributed by atoms with Gasteiger partial charge in [-0.25, -0.2) is 0 Å². The Morgan fingerprint density at radius 2 is 1.95 bits per heavy atom. The first kappa shape index (κ1) is 14.7. The van der Waals surface area contributed by atoms with Crippen molar-refractivity contribution in [3.05, 3.63) is 53.1 Å². The largest absolute Gasteiger partial charge is 0.324 e. The van der Waals surface area contributed by atoms with Crippen LogP contribution >= 0.6 is 11.8 Å². The van der Waals surface area contributed by atoms with Crippen LogP contribution in [0, 0.1) is 13.8 Å². The zero-order valence-electron chi connectivity index (χ0n) is 12.4. The molecule has 0 fully saturated rings. The first-order chi connectivity index (χ1) is 10.5. The van der Waals surface area contributed by atoms with Gasteiger partial charge in [-0.15, -0.1) is 11.8 Å². The van der Waals surface area contributed by atoms with E-state index in [9.17, 15) is 9.59 Å². The van der Waals surface area contributed by atoms with Gasteiger partial charge in [0.25, 0.3) is 5.91 Å². The Morgan fingerprint density at radius 1 is 1.14 bits per heavy atom. The van der Waals surface area contributed by atoms with E-state index in [0.29, 0.717) is 17.0 Å². The molecule has 112 valence electrons. The average molecular weight is 312 g/mol. The van der Waals surface area contributed by atoms with Gasteiger partial charge in [-0.3, -0.25) is 9.59 Å². The number of carbonyl (C=O) groups is 2. The van der Waals surface area contributed by atoms with Crippen LogP contribution in [-0.4, -0.2) is 17.6 Å². The molecule has 0 saturated heterocycles. The predicted octanol–water partition coefficient (Wildman–Crippen LogP) is 3.60. The van der Waals surface area contributed by atoms with Crippen LogP contribution in [0.1, 0.15) is 21.5 Å². The van der Waals surface area contributed by atoms with Gasteiger partial charge in [0.05, 0.1) is 11.4 Å². The molecule has 0 unspecified atom stereocenters. The lowest BCUT2D eigenvalue weighted by atomic mass is 10.1. The van der Waals surface area contributed by atoms with E-state index >= 15 is 0 Å². The van der Waals surface area contributed by atoms with Gasteiger partial charge in [-0.05, 0) is 55.3 Å². The van der Waals surface area contributed by atoms with Gasteiger partial charge < -0.3 is 10.6 Å². The minimum absolute atomic E-state index is 0.0184. The SMILES string of the molecule is Cc1ccc(C(=O)Nc2ccc3c(c2)NC(=O)CS3)cc1C. The van der Waals surface area contributed by atoms with Crippen LogP contribution in [0.2, 0.25) is 0 Å². The molecule has 0 spiro atoms. The van der Waals surface area contributed by atoms with E-state index in [1.165, 1.54) is 11.8 Å². The third-order valence-corrected chi connectivity index (χ3v) is 4.71. The van der Waals surface area contributed by atoms with Crippen molar-refractivity contribution in [3.63, 3.8) is 0 Å². The van der Waals surface area contributed by atoms with Crippen molar-refractivity contribution in [1.29, 1.82) is 0 Å². The van der Waals surface area contributed by atoms with Gasteiger partial charge >= 0.3 is 0 Å². The Kier molecular flexibility index (Phi) is 3.90. The molecule has 0 saturated carbocycles. The molecule has 0 aromatic heterocycles. The second kappa shape index (κ2) is 5.85. The number of rotatable bonds is 2. The summed E-state index contributed by atoms with van der Waals surface area (Å²) in [5.74, 6) is 0.259. The Bertz CT molecular complexity index is 771. The number of amides is 2. The first-order valence-electron chi connectivity index (χ1n) is 6.98. The highest BCUT2D eigenvalue weighted by molar-refractivity contribution is 8.00. The van der Waals surface area contributed by atoms with Crippen molar-refractivity contribution in [1.82, 2.24) is 0 Å². The number of benzene rings is 2. The number of fused-ring (bicyclic) bond motifs is 1. The highest BCUT2D eigenvalue weighted by atomic mass is 32.2. The number of nitrogens with one attached hydrogen (secondary N) is 2. The minimum Gasteiger partial charge on any atom is -0.324 e. The molecule has 2 amide bonds. The van der Waals surface area contributed by atoms with Crippen LogP contribution in [0.15, 0.2) is 41.3 Å². The average Bonchev–Trinajstić information content (AvgIpc) is 2.49. The lowest BCUT2D eigenvalue weighted by Gasteiger charge is -2.17. The fraction of sp³-hybridized carbons (Fsp3) is 0.176. The summed E-state index contributed by atoms with van der Waals surface area (Å²) < 4.78 is 0. The van der Waals surface area contributed by atoms with E-state index in [1.54, 1.807) is 6.07 Å². The molecule has 2 aromatic rings. The van der Waals surface area contributed by atoms with Crippen LogP contribution < -0.4 is 10.6 Å². The number of carbonyl (C=O) groups excluding carboxylic acids is 2. The van der Waals surface area contributed by atoms with Crippen LogP contribution in [-0.2, 0) is 4.79 Å². The normalized spacial score (nSPS) is 13.3. The number of hydrogen-bond donors (Lipinski definition) is 2. The standard InChI is InChI=1S/C17H16N2O2S/c1-10-3-4-12(7-11(10)2)17(21)18-13-5-6-15-14(8-13)19-16(20)9-22-15/h3-8H,9H2,1-2H3,(H,18,21)(H,19,20). The summed E-state index contributed by atoms with van der Waals surface area (Å²) in [5.41, 5.74) is 4.29. The molecular weight excluding hydrogens is 296 g/mol. The fourth-order valence-corrected chi connectivity index (χ4v) is 3.04. The van der Waals surface area contributed by atoms with Gasteiger partial charge in [0, 0.05) is 16.1 Å². The lowest BCUT2D eigenvalue weighted by Crippen LogP contribution is -2.19. The highest BCUT2D eigenvalue weighted by Crippen LogP contribution is 2.33. The van der Waals surface area contributed by atoms with Crippen molar-refractivity contribution >= 4 is 35.0 Å². The van der Waals surface area contributed by atoms with Crippen LogP contribution in [0.4, 0.5) is 11.4 Å². The molecule has 1 aliphatic heterocycles. The van der Waals surface area contributed by atoms with E-state index in [0.717, 1.165) is 21.7 Å². The molecule has 2 N–H and O–H groups in total. The van der Waals surface area contributed by atoms with Gasteiger partial charge in [-0.1, -0.05) is 6.07 Å². The van der Waals surface area contributed by atoms with Crippen molar-refractivity contribution in [2.75, 3.05) is 16.4 Å². The Balaban J connectivity index is 1.80. The summed E-state index contributed by atoms with van der Waals surface area (Å²) in [6.45, 7) is 4.00. The smallest absolute Gasteiger partial charge is 0.255 e. The van der Waals surface area contributed by atoms with E-state index in [-0.39, 0.29) is 11.8 Å². The maximum Gasteiger partial charge on any atom is 0.255 e. The predicted molar refractivity (Wildman–Crippen MR) is 89.7 cm³/mol. The van der Waals surface area contributed by atoms with Crippen LogP contribution in [0.3, 0.4) is 0 Å². The molecule has 3 rings (SSSR count). The maximum absolute atomic E-state index is 12.3. The van der Waals surface area contributed by atoms with Crippen LogP contribution in [0.5, 0.6) is 0 Å². The third kappa shape index (κ3) is 2.99. The zero-order chi connectivity index (χ0) is 15.7. The topological polar surface area (TPSA) is 58.2 Å². The molecule has 0 aliphatic carbocycles. The molecule has 0 radical (unpaired) electrons. The highest BCUT2D eigenvalue weighted by Gasteiger charge is 2.16. The minimum atomic E-state index is -0.155. The molecule has 0 bridgehead atoms. The Hall–Kier alpha value is -2.27. The van der Waals surface area contributed by atoms with Crippen LogP contribution in [0.25, 0.3) is 0 Å². The summed E-state index contributed by atoms with van der Waals surface area (Å²) in [5, 5.41) is 5.69. The van der Waals surface area contributed by atoms with Crippen molar-refractivity contribution in [2.24, 2.45) is 0 Å². The third-order valence-electron chi connectivity index (χ3n) is 3.64. The van der Waals surface area contributed by atoms with Gasteiger partial charge in [-0.2, -0.15) is 0 Å². The molecule has 1 heterocycles. The van der Waals surface area contributed by atoms with Gasteiger partial charge in [0.1, 0.15) is 0 Å². The monoisotopic (exact) mass is 312 g/mol. The quantitative estimate of drug-likeness (QED) is 0.891. The number of anilines is 2. The molecule has 0 atom stereocenters. The Labute approximate surface area is 133 Å². The number of aryl methyl sites for hydroxylation is 2. The first-order valence-corrected chi connectivity index (χ1v) is 7.97. The maximum atomic E-state index is 12.3. The van der Waals surface area contributed by atoms with Crippen molar-refractivity contribution in [3.8, 4) is 0 Å². The molecular formula is C17H16N2O2S. The van der Waals surface area contributed by atoms with E-state index in [2.05, 4.69) is 10.6 Å². The fourth-order valence-electron chi connectivity index (χ4n) is 2.25. The van der Waals surface area contributed by atoms with E-state index in [4.69, 9.17) is 0 Å². The van der Waals surface area contributed by atoms with E-state index < -0.39 is 0 Å². The summed E-state index contributed by atoms with van der Waals surface area (Å²) in [4.78, 5) is 24.8. The molecule has 22 heavy (non-hydrogen) atoms. The van der Waals surface area contributed by atoms with E-state index in [1.807, 2.05) is 44.2 Å². The summed E-state index contributed by atoms with van der Waals surface area (Å²) in [7, 11) is 0. The Morgan fingerprint density at radius 3 is 2.73 bits per heavy atom. The second-order valence-electron chi connectivity index (χ2n) is 5.30. The molecule has 4 nitrogen and oxygen atoms in total. The number of hydrogen-bond acceptors (Lipinski definition) is 3. The summed E-state index contributed by atoms with van der Waals surface area (Å²) >= 11 is 1.50. The van der Waals surface area contributed by atoms with Gasteiger partial charge in [0.2, 0.25) is 5.91 Å². The molecule has 2 aromatic carbocycles. The summed E-state index contributed by atoms with van der Waals surface area (Å²) in [6.07, 6.45) is 0. The van der Waals surface area contributed by atoms with Crippen molar-refractivity contribution in [2.45, 2.75) is 18.7 Å². The number of thioether (sulfide) groups is 1. The second-order valence-corrected chi connectivity index (χ2v) is 6.32.